The summed E-state index contributed by atoms with van der Waals surface area (Å²) in [5.41, 5.74) is 1.19. The molecule has 0 radical (unpaired) electrons. The van der Waals surface area contributed by atoms with E-state index in [0.717, 1.165) is 11.1 Å². The monoisotopic (exact) mass is 307 g/mol. The first-order valence-corrected chi connectivity index (χ1v) is 7.88. The van der Waals surface area contributed by atoms with Crippen molar-refractivity contribution in [2.24, 2.45) is 5.92 Å². The van der Waals surface area contributed by atoms with E-state index in [-0.39, 0.29) is 6.61 Å². The average molecular weight is 307 g/mol. The van der Waals surface area contributed by atoms with Gasteiger partial charge in [0.2, 0.25) is 0 Å². The van der Waals surface area contributed by atoms with Crippen molar-refractivity contribution < 1.29 is 9.53 Å². The third-order valence-electron chi connectivity index (χ3n) is 4.28. The molecule has 0 unspecified atom stereocenters. The first-order chi connectivity index (χ1) is 11.2. The molecule has 3 nitrogen and oxygen atoms in total. The maximum absolute atomic E-state index is 12.5. The highest BCUT2D eigenvalue weighted by molar-refractivity contribution is 5.79. The van der Waals surface area contributed by atoms with Crippen LogP contribution in [0.2, 0.25) is 0 Å². The van der Waals surface area contributed by atoms with Gasteiger partial charge in [-0.25, -0.2) is 0 Å². The van der Waals surface area contributed by atoms with Crippen LogP contribution in [0.25, 0.3) is 0 Å². The zero-order valence-electron chi connectivity index (χ0n) is 13.5. The molecular formula is C20H21NO2. The number of hydrogen-bond donors (Lipinski definition) is 0. The highest BCUT2D eigenvalue weighted by Gasteiger charge is 2.45. The molecule has 1 atom stereocenters. The number of hydrogen-bond acceptors (Lipinski definition) is 3. The molecule has 0 aliphatic heterocycles. The van der Waals surface area contributed by atoms with Crippen LogP contribution in [0.15, 0.2) is 60.7 Å². The number of esters is 1. The Hall–Kier alpha value is -2.60. The van der Waals surface area contributed by atoms with Crippen molar-refractivity contribution in [1.82, 2.24) is 0 Å². The molecule has 23 heavy (non-hydrogen) atoms. The largest absolute Gasteiger partial charge is 0.465 e. The first kappa shape index (κ1) is 16.8. The summed E-state index contributed by atoms with van der Waals surface area (Å²) in [5, 5.41) is 9.76. The molecule has 0 fully saturated rings. The lowest BCUT2D eigenvalue weighted by Crippen LogP contribution is -2.40. The zero-order chi connectivity index (χ0) is 16.7. The molecule has 0 saturated carbocycles. The molecule has 0 aliphatic rings. The predicted octanol–water partition coefficient (Wildman–Crippen LogP) is 4.09. The SMILES string of the molecule is CCOC(=O)[C@@H](C#N)C(CC)(c1ccccc1)c1ccccc1. The Labute approximate surface area is 137 Å². The quantitative estimate of drug-likeness (QED) is 0.755. The van der Waals surface area contributed by atoms with Crippen LogP contribution in [0, 0.1) is 17.2 Å². The van der Waals surface area contributed by atoms with Crippen molar-refractivity contribution in [3.63, 3.8) is 0 Å². The van der Waals surface area contributed by atoms with Gasteiger partial charge in [-0.3, -0.25) is 4.79 Å². The van der Waals surface area contributed by atoms with Gasteiger partial charge >= 0.3 is 5.97 Å². The summed E-state index contributed by atoms with van der Waals surface area (Å²) in [6, 6.07) is 21.7. The van der Waals surface area contributed by atoms with Crippen LogP contribution in [0.4, 0.5) is 0 Å². The van der Waals surface area contributed by atoms with E-state index in [1.807, 2.05) is 67.6 Å². The fourth-order valence-corrected chi connectivity index (χ4v) is 3.17. The van der Waals surface area contributed by atoms with Crippen molar-refractivity contribution >= 4 is 5.97 Å². The average Bonchev–Trinajstić information content (AvgIpc) is 2.61. The fraction of sp³-hybridized carbons (Fsp3) is 0.300. The Balaban J connectivity index is 2.68. The molecule has 0 heterocycles. The minimum atomic E-state index is -0.891. The van der Waals surface area contributed by atoms with Crippen molar-refractivity contribution in [2.75, 3.05) is 6.61 Å². The summed E-state index contributed by atoms with van der Waals surface area (Å²) in [7, 11) is 0. The summed E-state index contributed by atoms with van der Waals surface area (Å²) in [6.07, 6.45) is 0.623. The molecule has 2 aromatic carbocycles. The summed E-state index contributed by atoms with van der Waals surface area (Å²) in [5.74, 6) is -1.36. The van der Waals surface area contributed by atoms with E-state index in [9.17, 15) is 10.1 Å². The molecular weight excluding hydrogens is 286 g/mol. The number of ether oxygens (including phenoxy) is 1. The van der Waals surface area contributed by atoms with Gasteiger partial charge in [-0.1, -0.05) is 67.6 Å². The van der Waals surface area contributed by atoms with Gasteiger partial charge < -0.3 is 4.74 Å². The molecule has 0 N–H and O–H groups in total. The van der Waals surface area contributed by atoms with E-state index in [1.165, 1.54) is 0 Å². The van der Waals surface area contributed by atoms with Crippen molar-refractivity contribution in [3.05, 3.63) is 71.8 Å². The van der Waals surface area contributed by atoms with E-state index < -0.39 is 17.3 Å². The van der Waals surface area contributed by atoms with Crippen LogP contribution in [0.3, 0.4) is 0 Å². The van der Waals surface area contributed by atoms with Gasteiger partial charge in [-0.2, -0.15) is 5.26 Å². The van der Waals surface area contributed by atoms with E-state index >= 15 is 0 Å². The van der Waals surface area contributed by atoms with Crippen LogP contribution < -0.4 is 0 Å². The number of nitriles is 1. The molecule has 3 heteroatoms. The summed E-state index contributed by atoms with van der Waals surface area (Å²) < 4.78 is 5.18. The molecule has 0 aliphatic carbocycles. The Morgan fingerprint density at radius 1 is 1.04 bits per heavy atom. The van der Waals surface area contributed by atoms with E-state index in [4.69, 9.17) is 4.74 Å². The lowest BCUT2D eigenvalue weighted by Gasteiger charge is -2.36. The minimum absolute atomic E-state index is 0.264. The summed E-state index contributed by atoms with van der Waals surface area (Å²) >= 11 is 0. The lowest BCUT2D eigenvalue weighted by atomic mass is 9.64. The third-order valence-corrected chi connectivity index (χ3v) is 4.28. The Bertz CT molecular complexity index is 634. The predicted molar refractivity (Wildman–Crippen MR) is 89.7 cm³/mol. The normalized spacial score (nSPS) is 12.2. The Kier molecular flexibility index (Phi) is 5.54. The third kappa shape index (κ3) is 3.12. The van der Waals surface area contributed by atoms with Gasteiger partial charge in [0.25, 0.3) is 0 Å². The second-order valence-corrected chi connectivity index (χ2v) is 5.37. The van der Waals surface area contributed by atoms with Gasteiger partial charge in [-0.05, 0) is 24.5 Å². The number of nitrogens with zero attached hydrogens (tertiary/aromatic N) is 1. The molecule has 0 amide bonds. The smallest absolute Gasteiger partial charge is 0.324 e. The van der Waals surface area contributed by atoms with Gasteiger partial charge in [0.1, 0.15) is 0 Å². The van der Waals surface area contributed by atoms with Crippen LogP contribution in [0.1, 0.15) is 31.4 Å². The highest BCUT2D eigenvalue weighted by Crippen LogP contribution is 2.42. The standard InChI is InChI=1S/C20H21NO2/c1-3-20(16-11-7-5-8-12-16,17-13-9-6-10-14-17)18(15-21)19(22)23-4-2/h5-14,18H,3-4H2,1-2H3/t18-/m1/s1. The van der Waals surface area contributed by atoms with Gasteiger partial charge in [0.05, 0.1) is 12.7 Å². The summed E-state index contributed by atoms with van der Waals surface area (Å²) in [4.78, 5) is 12.5. The first-order valence-electron chi connectivity index (χ1n) is 7.88. The molecule has 2 rings (SSSR count). The van der Waals surface area contributed by atoms with Gasteiger partial charge in [0, 0.05) is 5.41 Å². The number of carbonyl (C=O) groups excluding carboxylic acids is 1. The van der Waals surface area contributed by atoms with Gasteiger partial charge in [0.15, 0.2) is 5.92 Å². The van der Waals surface area contributed by atoms with E-state index in [2.05, 4.69) is 6.07 Å². The van der Waals surface area contributed by atoms with Crippen LogP contribution in [0.5, 0.6) is 0 Å². The zero-order valence-corrected chi connectivity index (χ0v) is 13.5. The number of rotatable bonds is 6. The molecule has 118 valence electrons. The Morgan fingerprint density at radius 2 is 1.52 bits per heavy atom. The molecule has 2 aromatic rings. The highest BCUT2D eigenvalue weighted by atomic mass is 16.5. The van der Waals surface area contributed by atoms with Crippen LogP contribution in [-0.2, 0) is 14.9 Å². The van der Waals surface area contributed by atoms with Crippen molar-refractivity contribution in [2.45, 2.75) is 25.7 Å². The summed E-state index contributed by atoms with van der Waals surface area (Å²) in [6.45, 7) is 4.02. The minimum Gasteiger partial charge on any atom is -0.465 e. The molecule has 0 saturated heterocycles. The fourth-order valence-electron chi connectivity index (χ4n) is 3.17. The van der Waals surface area contributed by atoms with E-state index in [0.29, 0.717) is 6.42 Å². The molecule has 0 bridgehead atoms. The van der Waals surface area contributed by atoms with Crippen LogP contribution >= 0.6 is 0 Å². The number of carbonyl (C=O) groups is 1. The van der Waals surface area contributed by atoms with Gasteiger partial charge in [-0.15, -0.1) is 0 Å². The topological polar surface area (TPSA) is 50.1 Å². The number of benzene rings is 2. The Morgan fingerprint density at radius 3 is 1.87 bits per heavy atom. The lowest BCUT2D eigenvalue weighted by molar-refractivity contribution is -0.147. The maximum Gasteiger partial charge on any atom is 0.324 e. The second-order valence-electron chi connectivity index (χ2n) is 5.37. The van der Waals surface area contributed by atoms with Crippen molar-refractivity contribution in [1.29, 1.82) is 5.26 Å². The van der Waals surface area contributed by atoms with E-state index in [1.54, 1.807) is 6.92 Å². The second kappa shape index (κ2) is 7.60. The molecule has 0 aromatic heterocycles. The maximum atomic E-state index is 12.5. The van der Waals surface area contributed by atoms with Crippen LogP contribution in [-0.4, -0.2) is 12.6 Å². The molecule has 0 spiro atoms. The van der Waals surface area contributed by atoms with Crippen molar-refractivity contribution in [3.8, 4) is 6.07 Å².